The van der Waals surface area contributed by atoms with E-state index < -0.39 is 12.0 Å². The molecule has 0 aromatic heterocycles. The van der Waals surface area contributed by atoms with E-state index in [2.05, 4.69) is 37.4 Å². The summed E-state index contributed by atoms with van der Waals surface area (Å²) in [6.45, 7) is 8.10. The van der Waals surface area contributed by atoms with Gasteiger partial charge in [-0.25, -0.2) is 0 Å². The second-order valence-corrected chi connectivity index (χ2v) is 6.25. The minimum absolute atomic E-state index is 0.183. The molecule has 0 bridgehead atoms. The van der Waals surface area contributed by atoms with Crippen LogP contribution in [0, 0.1) is 13.8 Å². The maximum Gasteiger partial charge on any atom is 0.321 e. The fourth-order valence-electron chi connectivity index (χ4n) is 2.04. The highest BCUT2D eigenvalue weighted by molar-refractivity contribution is 7.98. The first-order valence-corrected chi connectivity index (χ1v) is 7.67. The lowest BCUT2D eigenvalue weighted by molar-refractivity contribution is -0.139. The number of carbonyl (C=O) groups is 1. The zero-order chi connectivity index (χ0) is 14.4. The van der Waals surface area contributed by atoms with Gasteiger partial charge in [0, 0.05) is 17.5 Å². The van der Waals surface area contributed by atoms with E-state index in [9.17, 15) is 4.79 Å². The van der Waals surface area contributed by atoms with Crippen molar-refractivity contribution in [3.8, 4) is 0 Å². The third-order valence-corrected chi connectivity index (χ3v) is 3.77. The van der Waals surface area contributed by atoms with Gasteiger partial charge in [-0.05, 0) is 19.4 Å². The van der Waals surface area contributed by atoms with E-state index in [-0.39, 0.29) is 6.04 Å². The first-order chi connectivity index (χ1) is 8.88. The molecule has 0 heterocycles. The predicted octanol–water partition coefficient (Wildman–Crippen LogP) is 2.99. The van der Waals surface area contributed by atoms with Gasteiger partial charge in [-0.3, -0.25) is 4.79 Å². The first-order valence-electron chi connectivity index (χ1n) is 6.52. The maximum atomic E-state index is 11.1. The van der Waals surface area contributed by atoms with Crippen LogP contribution in [0.15, 0.2) is 18.2 Å². The van der Waals surface area contributed by atoms with Crippen LogP contribution in [0.1, 0.15) is 30.5 Å². The quantitative estimate of drug-likeness (QED) is 0.806. The molecule has 1 aromatic carbocycles. The summed E-state index contributed by atoms with van der Waals surface area (Å²) >= 11 is 1.66. The van der Waals surface area contributed by atoms with Crippen molar-refractivity contribution >= 4 is 17.7 Å². The molecule has 0 aliphatic rings. The van der Waals surface area contributed by atoms with Crippen LogP contribution in [0.3, 0.4) is 0 Å². The van der Waals surface area contributed by atoms with Gasteiger partial charge in [-0.2, -0.15) is 11.8 Å². The zero-order valence-corrected chi connectivity index (χ0v) is 12.9. The normalized spacial score (nSPS) is 12.7. The van der Waals surface area contributed by atoms with Crippen LogP contribution in [-0.2, 0) is 10.5 Å². The Morgan fingerprint density at radius 2 is 1.84 bits per heavy atom. The molecule has 19 heavy (non-hydrogen) atoms. The Hall–Kier alpha value is -1.00. The van der Waals surface area contributed by atoms with Gasteiger partial charge in [-0.1, -0.05) is 43.2 Å². The van der Waals surface area contributed by atoms with Crippen molar-refractivity contribution in [3.05, 3.63) is 34.9 Å². The number of benzene rings is 1. The Morgan fingerprint density at radius 1 is 1.26 bits per heavy atom. The lowest BCUT2D eigenvalue weighted by Gasteiger charge is -2.16. The monoisotopic (exact) mass is 281 g/mol. The first kappa shape index (κ1) is 16.1. The summed E-state index contributed by atoms with van der Waals surface area (Å²) in [4.78, 5) is 11.1. The molecular formula is C15H23NO2S. The largest absolute Gasteiger partial charge is 0.480 e. The number of aryl methyl sites for hydroxylation is 2. The standard InChI is InChI=1S/C15H23NO2S/c1-10(2)16-14(15(17)18)9-19-8-13-6-11(3)5-12(4)7-13/h5-7,10,14,16H,8-9H2,1-4H3,(H,17,18). The molecule has 2 N–H and O–H groups in total. The van der Waals surface area contributed by atoms with Gasteiger partial charge in [-0.15, -0.1) is 0 Å². The lowest BCUT2D eigenvalue weighted by Crippen LogP contribution is -2.42. The Kier molecular flexibility index (Phi) is 6.38. The lowest BCUT2D eigenvalue weighted by atomic mass is 10.1. The van der Waals surface area contributed by atoms with Gasteiger partial charge in [0.15, 0.2) is 0 Å². The van der Waals surface area contributed by atoms with Crippen molar-refractivity contribution in [3.63, 3.8) is 0 Å². The summed E-state index contributed by atoms with van der Waals surface area (Å²) in [5.74, 6) is 0.661. The van der Waals surface area contributed by atoms with E-state index in [1.54, 1.807) is 11.8 Å². The summed E-state index contributed by atoms with van der Waals surface area (Å²) in [7, 11) is 0. The van der Waals surface area contributed by atoms with Crippen molar-refractivity contribution in [2.45, 2.75) is 45.5 Å². The molecule has 4 heteroatoms. The van der Waals surface area contributed by atoms with Crippen molar-refractivity contribution < 1.29 is 9.90 Å². The van der Waals surface area contributed by atoms with Crippen molar-refractivity contribution in [1.29, 1.82) is 0 Å². The molecular weight excluding hydrogens is 258 g/mol. The highest BCUT2D eigenvalue weighted by Crippen LogP contribution is 2.16. The van der Waals surface area contributed by atoms with Crippen LogP contribution >= 0.6 is 11.8 Å². The fraction of sp³-hybridized carbons (Fsp3) is 0.533. The molecule has 1 rings (SSSR count). The molecule has 0 aliphatic heterocycles. The Balaban J connectivity index is 2.49. The fourth-order valence-corrected chi connectivity index (χ4v) is 3.03. The van der Waals surface area contributed by atoms with Crippen LogP contribution in [0.5, 0.6) is 0 Å². The minimum Gasteiger partial charge on any atom is -0.480 e. The average Bonchev–Trinajstić information content (AvgIpc) is 2.25. The summed E-state index contributed by atoms with van der Waals surface area (Å²) in [5.41, 5.74) is 3.77. The molecule has 1 unspecified atom stereocenters. The molecule has 3 nitrogen and oxygen atoms in total. The number of carboxylic acids is 1. The van der Waals surface area contributed by atoms with E-state index in [0.717, 1.165) is 5.75 Å². The van der Waals surface area contributed by atoms with Crippen molar-refractivity contribution in [1.82, 2.24) is 5.32 Å². The summed E-state index contributed by atoms with van der Waals surface area (Å²) in [5, 5.41) is 12.2. The smallest absolute Gasteiger partial charge is 0.321 e. The number of nitrogens with one attached hydrogen (secondary N) is 1. The SMILES string of the molecule is Cc1cc(C)cc(CSCC(NC(C)C)C(=O)O)c1. The summed E-state index contributed by atoms with van der Waals surface area (Å²) < 4.78 is 0. The number of hydrogen-bond acceptors (Lipinski definition) is 3. The third-order valence-electron chi connectivity index (χ3n) is 2.67. The Labute approximate surface area is 119 Å². The average molecular weight is 281 g/mol. The Morgan fingerprint density at radius 3 is 2.32 bits per heavy atom. The van der Waals surface area contributed by atoms with E-state index in [0.29, 0.717) is 5.75 Å². The van der Waals surface area contributed by atoms with Gasteiger partial charge in [0.1, 0.15) is 6.04 Å². The van der Waals surface area contributed by atoms with E-state index in [1.807, 2.05) is 13.8 Å². The second kappa shape index (κ2) is 7.56. The zero-order valence-electron chi connectivity index (χ0n) is 12.1. The number of thioether (sulfide) groups is 1. The van der Waals surface area contributed by atoms with Gasteiger partial charge in [0.25, 0.3) is 0 Å². The van der Waals surface area contributed by atoms with E-state index >= 15 is 0 Å². The highest BCUT2D eigenvalue weighted by Gasteiger charge is 2.17. The van der Waals surface area contributed by atoms with Gasteiger partial charge in [0.05, 0.1) is 0 Å². The summed E-state index contributed by atoms with van der Waals surface area (Å²) in [6, 6.07) is 6.17. The second-order valence-electron chi connectivity index (χ2n) is 5.22. The molecule has 0 aliphatic carbocycles. The van der Waals surface area contributed by atoms with Crippen LogP contribution in [0.2, 0.25) is 0 Å². The molecule has 0 spiro atoms. The molecule has 106 valence electrons. The molecule has 0 saturated carbocycles. The molecule has 0 amide bonds. The van der Waals surface area contributed by atoms with Gasteiger partial charge in [0.2, 0.25) is 0 Å². The van der Waals surface area contributed by atoms with E-state index in [1.165, 1.54) is 16.7 Å². The minimum atomic E-state index is -0.776. The summed E-state index contributed by atoms with van der Waals surface area (Å²) in [6.07, 6.45) is 0. The number of carboxylic acid groups (broad SMARTS) is 1. The van der Waals surface area contributed by atoms with Crippen LogP contribution in [0.25, 0.3) is 0 Å². The van der Waals surface area contributed by atoms with Crippen LogP contribution in [0.4, 0.5) is 0 Å². The number of hydrogen-bond donors (Lipinski definition) is 2. The predicted molar refractivity (Wildman–Crippen MR) is 81.8 cm³/mol. The number of aliphatic carboxylic acids is 1. The van der Waals surface area contributed by atoms with Gasteiger partial charge >= 0.3 is 5.97 Å². The van der Waals surface area contributed by atoms with Crippen molar-refractivity contribution in [2.75, 3.05) is 5.75 Å². The maximum absolute atomic E-state index is 11.1. The van der Waals surface area contributed by atoms with Gasteiger partial charge < -0.3 is 10.4 Å². The Bertz CT molecular complexity index is 412. The topological polar surface area (TPSA) is 49.3 Å². The van der Waals surface area contributed by atoms with Crippen molar-refractivity contribution in [2.24, 2.45) is 0 Å². The van der Waals surface area contributed by atoms with E-state index in [4.69, 9.17) is 5.11 Å². The molecule has 0 saturated heterocycles. The molecule has 0 fully saturated rings. The molecule has 1 aromatic rings. The number of rotatable bonds is 7. The molecule has 0 radical (unpaired) electrons. The van der Waals surface area contributed by atoms with Crippen LogP contribution in [-0.4, -0.2) is 28.9 Å². The molecule has 1 atom stereocenters. The van der Waals surface area contributed by atoms with Crippen LogP contribution < -0.4 is 5.32 Å². The third kappa shape index (κ3) is 6.12. The highest BCUT2D eigenvalue weighted by atomic mass is 32.2.